The summed E-state index contributed by atoms with van der Waals surface area (Å²) < 4.78 is 2.03. The van der Waals surface area contributed by atoms with Crippen LogP contribution in [0.3, 0.4) is 0 Å². The second kappa shape index (κ2) is 11.9. The van der Waals surface area contributed by atoms with Crippen LogP contribution in [0.2, 0.25) is 0 Å². The molecule has 42 heavy (non-hydrogen) atoms. The molecule has 1 saturated heterocycles. The van der Waals surface area contributed by atoms with Gasteiger partial charge >= 0.3 is 0 Å². The van der Waals surface area contributed by atoms with Crippen LogP contribution in [-0.4, -0.2) is 63.3 Å². The monoisotopic (exact) mass is 558 g/mol. The largest absolute Gasteiger partial charge is 0.355 e. The number of piperazine rings is 1. The average Bonchev–Trinajstić information content (AvgIpc) is 3.38. The highest BCUT2D eigenvalue weighted by molar-refractivity contribution is 5.98. The Bertz CT molecular complexity index is 1730. The molecule has 7 heteroatoms. The van der Waals surface area contributed by atoms with E-state index in [9.17, 15) is 4.79 Å². The molecule has 0 aliphatic carbocycles. The molecule has 4 heterocycles. The van der Waals surface area contributed by atoms with Gasteiger partial charge in [0.2, 0.25) is 0 Å². The first-order chi connectivity index (χ1) is 20.3. The van der Waals surface area contributed by atoms with Crippen molar-refractivity contribution in [2.45, 2.75) is 26.8 Å². The fourth-order valence-electron chi connectivity index (χ4n) is 5.65. The van der Waals surface area contributed by atoms with Crippen LogP contribution in [0.15, 0.2) is 79.3 Å². The van der Waals surface area contributed by atoms with Crippen LogP contribution in [-0.2, 0) is 20.0 Å². The van der Waals surface area contributed by atoms with Gasteiger partial charge in [-0.25, -0.2) is 4.98 Å². The van der Waals surface area contributed by atoms with Crippen LogP contribution in [0.1, 0.15) is 32.6 Å². The van der Waals surface area contributed by atoms with E-state index in [1.165, 1.54) is 11.1 Å². The number of carbonyl (C=O) groups excluding carboxylic acids is 1. The number of rotatable bonds is 8. The van der Waals surface area contributed by atoms with Crippen molar-refractivity contribution in [2.75, 3.05) is 38.5 Å². The van der Waals surface area contributed by atoms with E-state index in [1.54, 1.807) is 12.4 Å². The van der Waals surface area contributed by atoms with Gasteiger partial charge in [-0.2, -0.15) is 0 Å². The summed E-state index contributed by atoms with van der Waals surface area (Å²) in [7, 11) is 4.19. The SMILES string of the molecule is Cc1cc(C(=O)Cc2ccc(C)c(Nc3cc(-c4ccncc4)nc4c3ccn4C)c2)ccc1CN1CCN(C)CC1. The molecule has 5 aromatic rings. The molecule has 2 aromatic carbocycles. The quantitative estimate of drug-likeness (QED) is 0.230. The first-order valence-electron chi connectivity index (χ1n) is 14.6. The summed E-state index contributed by atoms with van der Waals surface area (Å²) in [5.41, 5.74) is 10.1. The maximum atomic E-state index is 13.4. The van der Waals surface area contributed by atoms with Crippen molar-refractivity contribution in [1.82, 2.24) is 24.3 Å². The number of hydrogen-bond acceptors (Lipinski definition) is 6. The van der Waals surface area contributed by atoms with Gasteiger partial charge in [-0.1, -0.05) is 24.3 Å². The van der Waals surface area contributed by atoms with Gasteiger partial charge < -0.3 is 14.8 Å². The lowest BCUT2D eigenvalue weighted by Crippen LogP contribution is -2.43. The van der Waals surface area contributed by atoms with Crippen LogP contribution in [0.5, 0.6) is 0 Å². The molecule has 1 fully saturated rings. The van der Waals surface area contributed by atoms with E-state index in [4.69, 9.17) is 4.98 Å². The summed E-state index contributed by atoms with van der Waals surface area (Å²) in [6.45, 7) is 9.52. The zero-order chi connectivity index (χ0) is 29.2. The molecule has 3 aromatic heterocycles. The number of pyridine rings is 2. The van der Waals surface area contributed by atoms with Gasteiger partial charge in [0.25, 0.3) is 0 Å². The van der Waals surface area contributed by atoms with E-state index in [0.29, 0.717) is 6.42 Å². The zero-order valence-corrected chi connectivity index (χ0v) is 24.9. The van der Waals surface area contributed by atoms with Crippen molar-refractivity contribution in [1.29, 1.82) is 0 Å². The fourth-order valence-corrected chi connectivity index (χ4v) is 5.65. The zero-order valence-electron chi connectivity index (χ0n) is 24.9. The highest BCUT2D eigenvalue weighted by Gasteiger charge is 2.17. The van der Waals surface area contributed by atoms with Gasteiger partial charge in [0, 0.05) is 87.0 Å². The molecule has 0 atom stereocenters. The number of nitrogens with zero attached hydrogens (tertiary/aromatic N) is 5. The Morgan fingerprint density at radius 1 is 0.857 bits per heavy atom. The first kappa shape index (κ1) is 27.8. The Kier molecular flexibility index (Phi) is 7.87. The molecular formula is C35H38N6O. The smallest absolute Gasteiger partial charge is 0.167 e. The molecule has 6 rings (SSSR count). The van der Waals surface area contributed by atoms with Crippen LogP contribution < -0.4 is 5.32 Å². The van der Waals surface area contributed by atoms with Crippen molar-refractivity contribution in [3.63, 3.8) is 0 Å². The van der Waals surface area contributed by atoms with Crippen LogP contribution in [0.25, 0.3) is 22.3 Å². The highest BCUT2D eigenvalue weighted by atomic mass is 16.1. The van der Waals surface area contributed by atoms with E-state index in [2.05, 4.69) is 83.5 Å². The third-order valence-electron chi connectivity index (χ3n) is 8.40. The second-order valence-electron chi connectivity index (χ2n) is 11.5. The summed E-state index contributed by atoms with van der Waals surface area (Å²) >= 11 is 0. The van der Waals surface area contributed by atoms with E-state index in [1.807, 2.05) is 36.0 Å². The normalized spacial score (nSPS) is 14.4. The van der Waals surface area contributed by atoms with Crippen molar-refractivity contribution in [2.24, 2.45) is 7.05 Å². The van der Waals surface area contributed by atoms with E-state index in [0.717, 1.165) is 83.1 Å². The molecule has 1 N–H and O–H groups in total. The number of fused-ring (bicyclic) bond motifs is 1. The Balaban J connectivity index is 1.21. The van der Waals surface area contributed by atoms with Gasteiger partial charge in [-0.3, -0.25) is 14.7 Å². The number of anilines is 2. The van der Waals surface area contributed by atoms with Gasteiger partial charge in [0.1, 0.15) is 5.65 Å². The summed E-state index contributed by atoms with van der Waals surface area (Å²) in [5, 5.41) is 4.71. The Labute approximate surface area is 247 Å². The Hall–Kier alpha value is -4.33. The number of hydrogen-bond donors (Lipinski definition) is 1. The number of carbonyl (C=O) groups is 1. The number of aryl methyl sites for hydroxylation is 3. The van der Waals surface area contributed by atoms with Crippen LogP contribution >= 0.6 is 0 Å². The van der Waals surface area contributed by atoms with Gasteiger partial charge in [0.15, 0.2) is 5.78 Å². The molecule has 0 radical (unpaired) electrons. The Morgan fingerprint density at radius 3 is 2.40 bits per heavy atom. The molecule has 1 aliphatic heterocycles. The van der Waals surface area contributed by atoms with E-state index in [-0.39, 0.29) is 5.78 Å². The molecule has 0 amide bonds. The maximum Gasteiger partial charge on any atom is 0.167 e. The van der Waals surface area contributed by atoms with Crippen molar-refractivity contribution >= 4 is 28.2 Å². The minimum Gasteiger partial charge on any atom is -0.355 e. The molecule has 0 spiro atoms. The summed E-state index contributed by atoms with van der Waals surface area (Å²) in [6, 6.07) is 20.5. The molecule has 0 saturated carbocycles. The predicted octanol–water partition coefficient (Wildman–Crippen LogP) is 6.17. The molecule has 7 nitrogen and oxygen atoms in total. The number of nitrogens with one attached hydrogen (secondary N) is 1. The average molecular weight is 559 g/mol. The topological polar surface area (TPSA) is 66.3 Å². The lowest BCUT2D eigenvalue weighted by atomic mass is 9.97. The lowest BCUT2D eigenvalue weighted by Gasteiger charge is -2.32. The van der Waals surface area contributed by atoms with Gasteiger partial charge in [0.05, 0.1) is 11.4 Å². The van der Waals surface area contributed by atoms with Crippen LogP contribution in [0, 0.1) is 13.8 Å². The number of benzene rings is 2. The summed E-state index contributed by atoms with van der Waals surface area (Å²) in [4.78, 5) is 27.3. The summed E-state index contributed by atoms with van der Waals surface area (Å²) in [6.07, 6.45) is 5.95. The van der Waals surface area contributed by atoms with Crippen molar-refractivity contribution in [3.05, 3.63) is 107 Å². The van der Waals surface area contributed by atoms with Crippen molar-refractivity contribution in [3.8, 4) is 11.3 Å². The minimum atomic E-state index is 0.133. The van der Waals surface area contributed by atoms with Gasteiger partial charge in [-0.15, -0.1) is 0 Å². The van der Waals surface area contributed by atoms with Crippen LogP contribution in [0.4, 0.5) is 11.4 Å². The molecular weight excluding hydrogens is 520 g/mol. The van der Waals surface area contributed by atoms with Gasteiger partial charge in [-0.05, 0) is 79.5 Å². The summed E-state index contributed by atoms with van der Waals surface area (Å²) in [5.74, 6) is 0.133. The van der Waals surface area contributed by atoms with E-state index >= 15 is 0 Å². The Morgan fingerprint density at radius 2 is 1.64 bits per heavy atom. The number of aromatic nitrogens is 3. The predicted molar refractivity (Wildman–Crippen MR) is 170 cm³/mol. The molecule has 0 unspecified atom stereocenters. The maximum absolute atomic E-state index is 13.4. The standard InChI is InChI=1S/C35H38N6O/c1-24-5-6-26(21-34(42)28-7-8-29(25(2)19-28)23-41-17-15-39(3)16-18-41)20-31(24)37-33-22-32(27-9-12-36-13-10-27)38-35-30(33)11-14-40(35)4/h5-14,19-20,22H,15-18,21,23H2,1-4H3,(H,37,38). The third kappa shape index (κ3) is 5.98. The molecule has 0 bridgehead atoms. The number of likely N-dealkylation sites (N-methyl/N-ethyl adjacent to an activating group) is 1. The second-order valence-corrected chi connectivity index (χ2v) is 11.5. The van der Waals surface area contributed by atoms with E-state index < -0.39 is 0 Å². The first-order valence-corrected chi connectivity index (χ1v) is 14.6. The highest BCUT2D eigenvalue weighted by Crippen LogP contribution is 2.32. The fraction of sp³-hybridized carbons (Fsp3) is 0.286. The molecule has 214 valence electrons. The lowest BCUT2D eigenvalue weighted by molar-refractivity contribution is 0.0993. The number of ketones is 1. The van der Waals surface area contributed by atoms with Crippen molar-refractivity contribution < 1.29 is 4.79 Å². The number of Topliss-reactive ketones (excluding diaryl/α,β-unsaturated/α-hetero) is 1. The molecule has 1 aliphatic rings. The minimum absolute atomic E-state index is 0.133. The third-order valence-corrected chi connectivity index (χ3v) is 8.40.